The standard InChI is InChI=1S/C22H27ClN6O.HI/c1-15(18-8-6-5-7-9-18)26-22(25-14-21-28-27-16(2)29(21)3)24-13-17-10-11-20(30-4)19(23)12-17;/h5-12,15H,13-14H2,1-4H3,(H2,24,25,26);1H. The van der Waals surface area contributed by atoms with Crippen molar-refractivity contribution in [1.29, 1.82) is 0 Å². The van der Waals surface area contributed by atoms with Crippen LogP contribution in [0.3, 0.4) is 0 Å². The summed E-state index contributed by atoms with van der Waals surface area (Å²) >= 11 is 6.25. The fourth-order valence-electron chi connectivity index (χ4n) is 2.93. The summed E-state index contributed by atoms with van der Waals surface area (Å²) in [6, 6.07) is 16.0. The van der Waals surface area contributed by atoms with Crippen LogP contribution in [0.1, 0.15) is 35.7 Å². The molecular formula is C22H28ClIN6O. The van der Waals surface area contributed by atoms with Gasteiger partial charge in [-0.15, -0.1) is 34.2 Å². The number of halogens is 2. The first-order valence-corrected chi connectivity index (χ1v) is 10.1. The molecule has 0 fully saturated rings. The quantitative estimate of drug-likeness (QED) is 0.257. The van der Waals surface area contributed by atoms with Crippen molar-refractivity contribution in [2.75, 3.05) is 7.11 Å². The number of aryl methyl sites for hydroxylation is 1. The van der Waals surface area contributed by atoms with Gasteiger partial charge in [-0.05, 0) is 37.1 Å². The first-order chi connectivity index (χ1) is 14.5. The van der Waals surface area contributed by atoms with Gasteiger partial charge in [-0.1, -0.05) is 48.0 Å². The van der Waals surface area contributed by atoms with E-state index in [2.05, 4.69) is 39.9 Å². The molecule has 1 unspecified atom stereocenters. The fourth-order valence-corrected chi connectivity index (χ4v) is 3.21. The molecule has 166 valence electrons. The molecule has 1 aromatic heterocycles. The molecule has 0 amide bonds. The van der Waals surface area contributed by atoms with Crippen LogP contribution in [0.25, 0.3) is 0 Å². The van der Waals surface area contributed by atoms with Crippen LogP contribution >= 0.6 is 35.6 Å². The highest BCUT2D eigenvalue weighted by Gasteiger charge is 2.10. The van der Waals surface area contributed by atoms with E-state index in [4.69, 9.17) is 21.3 Å². The number of aliphatic imine (C=N–C) groups is 1. The molecule has 0 saturated carbocycles. The normalized spacial score (nSPS) is 12.1. The summed E-state index contributed by atoms with van der Waals surface area (Å²) in [5.74, 6) is 3.03. The molecule has 9 heteroatoms. The van der Waals surface area contributed by atoms with E-state index < -0.39 is 0 Å². The lowest BCUT2D eigenvalue weighted by atomic mass is 10.1. The Morgan fingerprint density at radius 1 is 1.19 bits per heavy atom. The molecule has 0 bridgehead atoms. The minimum Gasteiger partial charge on any atom is -0.495 e. The molecule has 2 aromatic carbocycles. The van der Waals surface area contributed by atoms with Gasteiger partial charge in [-0.3, -0.25) is 0 Å². The first-order valence-electron chi connectivity index (χ1n) is 9.75. The number of rotatable bonds is 7. The third kappa shape index (κ3) is 6.83. The van der Waals surface area contributed by atoms with Gasteiger partial charge in [0.05, 0.1) is 31.3 Å². The van der Waals surface area contributed by atoms with E-state index >= 15 is 0 Å². The minimum atomic E-state index is 0. The topological polar surface area (TPSA) is 76.4 Å². The summed E-state index contributed by atoms with van der Waals surface area (Å²) in [5, 5.41) is 15.7. The van der Waals surface area contributed by atoms with Crippen LogP contribution in [-0.2, 0) is 20.1 Å². The van der Waals surface area contributed by atoms with Crippen molar-refractivity contribution in [3.8, 4) is 5.75 Å². The summed E-state index contributed by atoms with van der Waals surface area (Å²) in [7, 11) is 3.55. The maximum Gasteiger partial charge on any atom is 0.192 e. The Labute approximate surface area is 205 Å². The Balaban J connectivity index is 0.00000341. The Hall–Kier alpha value is -2.33. The van der Waals surface area contributed by atoms with E-state index in [9.17, 15) is 0 Å². The number of ether oxygens (including phenoxy) is 1. The lowest BCUT2D eigenvalue weighted by molar-refractivity contribution is 0.415. The highest BCUT2D eigenvalue weighted by Crippen LogP contribution is 2.25. The minimum absolute atomic E-state index is 0. The van der Waals surface area contributed by atoms with Gasteiger partial charge < -0.3 is 19.9 Å². The summed E-state index contributed by atoms with van der Waals surface area (Å²) < 4.78 is 7.17. The molecule has 0 aliphatic rings. The van der Waals surface area contributed by atoms with Crippen LogP contribution in [0.5, 0.6) is 5.75 Å². The van der Waals surface area contributed by atoms with Gasteiger partial charge in [-0.25, -0.2) is 4.99 Å². The summed E-state index contributed by atoms with van der Waals surface area (Å²) in [5.41, 5.74) is 2.16. The maximum absolute atomic E-state index is 6.25. The molecule has 0 aliphatic carbocycles. The Morgan fingerprint density at radius 3 is 2.55 bits per heavy atom. The molecule has 3 rings (SSSR count). The largest absolute Gasteiger partial charge is 0.495 e. The molecule has 0 aliphatic heterocycles. The van der Waals surface area contributed by atoms with Gasteiger partial charge >= 0.3 is 0 Å². The second-order valence-electron chi connectivity index (χ2n) is 6.99. The first kappa shape index (κ1) is 24.9. The predicted octanol–water partition coefficient (Wildman–Crippen LogP) is 4.40. The van der Waals surface area contributed by atoms with E-state index in [1.165, 1.54) is 5.56 Å². The molecule has 1 heterocycles. The third-order valence-corrected chi connectivity index (χ3v) is 5.18. The second-order valence-corrected chi connectivity index (χ2v) is 7.39. The van der Waals surface area contributed by atoms with Gasteiger partial charge in [0.1, 0.15) is 11.6 Å². The van der Waals surface area contributed by atoms with Gasteiger partial charge in [0.2, 0.25) is 0 Å². The molecule has 0 spiro atoms. The van der Waals surface area contributed by atoms with Gasteiger partial charge in [0, 0.05) is 7.05 Å². The average Bonchev–Trinajstić information content (AvgIpc) is 3.08. The van der Waals surface area contributed by atoms with Crippen molar-refractivity contribution in [2.24, 2.45) is 12.0 Å². The van der Waals surface area contributed by atoms with Crippen LogP contribution < -0.4 is 15.4 Å². The number of nitrogens with one attached hydrogen (secondary N) is 2. The molecule has 7 nitrogen and oxygen atoms in total. The molecule has 3 aromatic rings. The highest BCUT2D eigenvalue weighted by atomic mass is 127. The van der Waals surface area contributed by atoms with E-state index in [-0.39, 0.29) is 30.0 Å². The monoisotopic (exact) mass is 554 g/mol. The van der Waals surface area contributed by atoms with Crippen molar-refractivity contribution in [3.05, 3.63) is 76.3 Å². The molecule has 1 atom stereocenters. The molecule has 0 radical (unpaired) electrons. The van der Waals surface area contributed by atoms with Crippen molar-refractivity contribution >= 4 is 41.5 Å². The number of guanidine groups is 1. The van der Waals surface area contributed by atoms with Crippen molar-refractivity contribution in [3.63, 3.8) is 0 Å². The number of methoxy groups -OCH3 is 1. The van der Waals surface area contributed by atoms with E-state index in [0.29, 0.717) is 29.8 Å². The van der Waals surface area contributed by atoms with Crippen LogP contribution in [0.15, 0.2) is 53.5 Å². The zero-order chi connectivity index (χ0) is 21.5. The van der Waals surface area contributed by atoms with Crippen LogP contribution in [-0.4, -0.2) is 27.8 Å². The molecule has 2 N–H and O–H groups in total. The van der Waals surface area contributed by atoms with Crippen molar-refractivity contribution < 1.29 is 4.74 Å². The highest BCUT2D eigenvalue weighted by molar-refractivity contribution is 14.0. The van der Waals surface area contributed by atoms with Crippen LogP contribution in [0.2, 0.25) is 5.02 Å². The third-order valence-electron chi connectivity index (χ3n) is 4.89. The van der Waals surface area contributed by atoms with Crippen LogP contribution in [0, 0.1) is 6.92 Å². The van der Waals surface area contributed by atoms with Gasteiger partial charge in [0.25, 0.3) is 0 Å². The number of hydrogen-bond donors (Lipinski definition) is 2. The Morgan fingerprint density at radius 2 is 1.94 bits per heavy atom. The summed E-state index contributed by atoms with van der Waals surface area (Å²) in [6.07, 6.45) is 0. The SMILES string of the molecule is COc1ccc(CN=C(NCc2nnc(C)n2C)NC(C)c2ccccc2)cc1Cl.I. The van der Waals surface area contributed by atoms with Gasteiger partial charge in [0.15, 0.2) is 11.8 Å². The Kier molecular flexibility index (Phi) is 9.57. The van der Waals surface area contributed by atoms with Crippen molar-refractivity contribution in [1.82, 2.24) is 25.4 Å². The second kappa shape index (κ2) is 11.9. The van der Waals surface area contributed by atoms with E-state index in [0.717, 1.165) is 17.2 Å². The molecule has 31 heavy (non-hydrogen) atoms. The Bertz CT molecular complexity index is 1010. The zero-order valence-corrected chi connectivity index (χ0v) is 21.2. The number of benzene rings is 2. The van der Waals surface area contributed by atoms with Crippen LogP contribution in [0.4, 0.5) is 0 Å². The lowest BCUT2D eigenvalue weighted by Crippen LogP contribution is -2.39. The van der Waals surface area contributed by atoms with E-state index in [1.54, 1.807) is 7.11 Å². The maximum atomic E-state index is 6.25. The summed E-state index contributed by atoms with van der Waals surface area (Å²) in [6.45, 7) is 5.00. The van der Waals surface area contributed by atoms with Crippen molar-refractivity contribution in [2.45, 2.75) is 33.0 Å². The fraction of sp³-hybridized carbons (Fsp3) is 0.318. The number of hydrogen-bond acceptors (Lipinski definition) is 4. The van der Waals surface area contributed by atoms with E-state index in [1.807, 2.05) is 54.9 Å². The molecular weight excluding hydrogens is 527 g/mol. The summed E-state index contributed by atoms with van der Waals surface area (Å²) in [4.78, 5) is 4.75. The number of nitrogens with zero attached hydrogens (tertiary/aromatic N) is 4. The average molecular weight is 555 g/mol. The zero-order valence-electron chi connectivity index (χ0n) is 18.1. The lowest BCUT2D eigenvalue weighted by Gasteiger charge is -2.19. The smallest absolute Gasteiger partial charge is 0.192 e. The predicted molar refractivity (Wildman–Crippen MR) is 135 cm³/mol. The molecule has 0 saturated heterocycles. The number of aromatic nitrogens is 3. The van der Waals surface area contributed by atoms with Gasteiger partial charge in [-0.2, -0.15) is 0 Å².